The van der Waals surface area contributed by atoms with Crippen molar-refractivity contribution in [3.63, 3.8) is 0 Å². The van der Waals surface area contributed by atoms with Gasteiger partial charge in [-0.25, -0.2) is 8.42 Å². The third-order valence-corrected chi connectivity index (χ3v) is 3.32. The van der Waals surface area contributed by atoms with Crippen LogP contribution in [-0.2, 0) is 10.1 Å². The van der Waals surface area contributed by atoms with Gasteiger partial charge in [0, 0.05) is 12.6 Å². The molecular weight excluding hydrogens is 266 g/mol. The largest absolute Gasteiger partial charge is 0.748 e. The lowest BCUT2D eigenvalue weighted by atomic mass is 10.1. The van der Waals surface area contributed by atoms with Crippen molar-refractivity contribution < 1.29 is 33.4 Å². The molecule has 9 heteroatoms. The van der Waals surface area contributed by atoms with Gasteiger partial charge in [-0.3, -0.25) is 4.90 Å². The second-order valence-electron chi connectivity index (χ2n) is 3.91. The first-order chi connectivity index (χ1) is 8.26. The first kappa shape index (κ1) is 17.7. The van der Waals surface area contributed by atoms with Crippen molar-refractivity contribution in [1.82, 2.24) is 4.90 Å². The van der Waals surface area contributed by atoms with E-state index >= 15 is 0 Å². The zero-order valence-corrected chi connectivity index (χ0v) is 11.0. The summed E-state index contributed by atoms with van der Waals surface area (Å²) in [4.78, 5) is 1.16. The second-order valence-corrected chi connectivity index (χ2v) is 5.36. The van der Waals surface area contributed by atoms with Crippen molar-refractivity contribution in [2.24, 2.45) is 0 Å². The predicted octanol–water partition coefficient (Wildman–Crippen LogP) is -2.72. The van der Waals surface area contributed by atoms with Crippen LogP contribution in [0.4, 0.5) is 0 Å². The van der Waals surface area contributed by atoms with E-state index < -0.39 is 34.2 Å². The average Bonchev–Trinajstić information content (AvgIpc) is 2.26. The van der Waals surface area contributed by atoms with Crippen molar-refractivity contribution in [3.8, 4) is 0 Å². The summed E-state index contributed by atoms with van der Waals surface area (Å²) in [6, 6.07) is -0.545. The second kappa shape index (κ2) is 8.00. The third-order valence-electron chi connectivity index (χ3n) is 2.57. The van der Waals surface area contributed by atoms with Gasteiger partial charge in [0.25, 0.3) is 0 Å². The van der Waals surface area contributed by atoms with Crippen LogP contribution in [0, 0.1) is 0 Å². The number of hydrogen-bond acceptors (Lipinski definition) is 8. The van der Waals surface area contributed by atoms with Crippen LogP contribution in [0.1, 0.15) is 13.3 Å². The highest BCUT2D eigenvalue weighted by Gasteiger charge is 2.29. The summed E-state index contributed by atoms with van der Waals surface area (Å²) >= 11 is 0. The lowest BCUT2D eigenvalue weighted by molar-refractivity contribution is -0.105. The Morgan fingerprint density at radius 2 is 1.83 bits per heavy atom. The lowest BCUT2D eigenvalue weighted by Crippen LogP contribution is -2.53. The van der Waals surface area contributed by atoms with Gasteiger partial charge in [-0.2, -0.15) is 0 Å². The van der Waals surface area contributed by atoms with Crippen LogP contribution in [0.2, 0.25) is 0 Å². The maximum Gasteiger partial charge on any atom is 0.134 e. The van der Waals surface area contributed by atoms with Gasteiger partial charge in [-0.1, -0.05) is 6.92 Å². The van der Waals surface area contributed by atoms with Crippen LogP contribution in [0.5, 0.6) is 0 Å². The molecule has 0 rings (SSSR count). The lowest BCUT2D eigenvalue weighted by Gasteiger charge is -2.35. The van der Waals surface area contributed by atoms with Gasteiger partial charge in [0.15, 0.2) is 0 Å². The van der Waals surface area contributed by atoms with Crippen LogP contribution in [0.3, 0.4) is 0 Å². The molecule has 18 heavy (non-hydrogen) atoms. The number of hydrogen-bond donors (Lipinski definition) is 4. The van der Waals surface area contributed by atoms with E-state index in [9.17, 15) is 23.2 Å². The van der Waals surface area contributed by atoms with E-state index in [-0.39, 0.29) is 19.8 Å². The molecule has 0 aliphatic rings. The Morgan fingerprint density at radius 3 is 2.17 bits per heavy atom. The highest BCUT2D eigenvalue weighted by atomic mass is 32.2. The summed E-state index contributed by atoms with van der Waals surface area (Å²) < 4.78 is 31.5. The zero-order chi connectivity index (χ0) is 14.3. The molecule has 0 radical (unpaired) electrons. The molecule has 0 aliphatic heterocycles. The van der Waals surface area contributed by atoms with Crippen LogP contribution in [0.15, 0.2) is 0 Å². The first-order valence-electron chi connectivity index (χ1n) is 5.54. The molecular formula is C9H20NO7S-. The van der Waals surface area contributed by atoms with Gasteiger partial charge < -0.3 is 25.0 Å². The number of rotatable bonds is 9. The van der Waals surface area contributed by atoms with Gasteiger partial charge >= 0.3 is 0 Å². The van der Waals surface area contributed by atoms with E-state index in [2.05, 4.69) is 0 Å². The van der Waals surface area contributed by atoms with Gasteiger partial charge in [-0.15, -0.1) is 0 Å². The molecule has 0 aromatic rings. The smallest absolute Gasteiger partial charge is 0.134 e. The van der Waals surface area contributed by atoms with Crippen molar-refractivity contribution in [3.05, 3.63) is 0 Å². The van der Waals surface area contributed by atoms with Gasteiger partial charge in [0.1, 0.15) is 12.3 Å². The van der Waals surface area contributed by atoms with Crippen LogP contribution in [0.25, 0.3) is 0 Å². The Morgan fingerprint density at radius 1 is 1.28 bits per heavy atom. The highest BCUT2D eigenvalue weighted by molar-refractivity contribution is 7.85. The molecule has 0 aromatic carbocycles. The van der Waals surface area contributed by atoms with E-state index in [0.717, 1.165) is 4.90 Å². The molecule has 0 bridgehead atoms. The van der Waals surface area contributed by atoms with Gasteiger partial charge in [0.05, 0.1) is 29.1 Å². The Balaban J connectivity index is 4.78. The summed E-state index contributed by atoms with van der Waals surface area (Å²) in [6.07, 6.45) is -3.01. The minimum Gasteiger partial charge on any atom is -0.748 e. The Bertz CT molecular complexity index is 317. The third kappa shape index (κ3) is 6.05. The quantitative estimate of drug-likeness (QED) is 0.264. The molecule has 0 saturated heterocycles. The number of aliphatic hydroxyl groups is 4. The fourth-order valence-electron chi connectivity index (χ4n) is 1.63. The standard InChI is InChI=1S/C9H21NO7S/c1-2-7(5-12)10(3-4-11)9(14)8(13)6-18(15,16)17/h7-9,11-14H,2-6H2,1H3,(H,15,16,17)/p-1. The maximum absolute atomic E-state index is 10.5. The molecule has 0 aromatic heterocycles. The summed E-state index contributed by atoms with van der Waals surface area (Å²) in [5, 5.41) is 37.1. The fraction of sp³-hybridized carbons (Fsp3) is 1.00. The van der Waals surface area contributed by atoms with Crippen LogP contribution < -0.4 is 0 Å². The highest BCUT2D eigenvalue weighted by Crippen LogP contribution is 2.11. The summed E-state index contributed by atoms with van der Waals surface area (Å²) in [7, 11) is -4.67. The van der Waals surface area contributed by atoms with E-state index in [1.807, 2.05) is 0 Å². The average molecular weight is 286 g/mol. The van der Waals surface area contributed by atoms with Crippen molar-refractivity contribution >= 4 is 10.1 Å². The topological polar surface area (TPSA) is 141 Å². The Labute approximate surface area is 106 Å². The van der Waals surface area contributed by atoms with Gasteiger partial charge in [-0.05, 0) is 6.42 Å². The Hall–Kier alpha value is -0.290. The molecule has 3 atom stereocenters. The zero-order valence-electron chi connectivity index (χ0n) is 10.1. The van der Waals surface area contributed by atoms with Gasteiger partial charge in [0.2, 0.25) is 0 Å². The SMILES string of the molecule is CCC(CO)N(CCO)C(O)C(O)CS(=O)(=O)[O-]. The molecule has 4 N–H and O–H groups in total. The molecule has 3 unspecified atom stereocenters. The van der Waals surface area contributed by atoms with Crippen molar-refractivity contribution in [1.29, 1.82) is 0 Å². The molecule has 110 valence electrons. The normalized spacial score (nSPS) is 17.7. The molecule has 0 heterocycles. The molecule has 0 amide bonds. The van der Waals surface area contributed by atoms with E-state index in [1.54, 1.807) is 6.92 Å². The summed E-state index contributed by atoms with van der Waals surface area (Å²) in [6.45, 7) is 0.986. The maximum atomic E-state index is 10.5. The first-order valence-corrected chi connectivity index (χ1v) is 7.11. The minimum atomic E-state index is -4.67. The number of aliphatic hydroxyl groups excluding tert-OH is 4. The molecule has 0 fully saturated rings. The predicted molar refractivity (Wildman–Crippen MR) is 61.5 cm³/mol. The molecule has 0 spiro atoms. The molecule has 8 nitrogen and oxygen atoms in total. The van der Waals surface area contributed by atoms with E-state index in [4.69, 9.17) is 10.2 Å². The fourth-order valence-corrected chi connectivity index (χ4v) is 2.22. The molecule has 0 aliphatic carbocycles. The minimum absolute atomic E-state index is 0.0593. The van der Waals surface area contributed by atoms with E-state index in [0.29, 0.717) is 6.42 Å². The van der Waals surface area contributed by atoms with Crippen molar-refractivity contribution in [2.45, 2.75) is 31.7 Å². The summed E-state index contributed by atoms with van der Waals surface area (Å²) in [5.74, 6) is -1.13. The summed E-state index contributed by atoms with van der Waals surface area (Å²) in [5.41, 5.74) is 0. The monoisotopic (exact) mass is 286 g/mol. The van der Waals surface area contributed by atoms with E-state index in [1.165, 1.54) is 0 Å². The van der Waals surface area contributed by atoms with Crippen LogP contribution >= 0.6 is 0 Å². The Kier molecular flexibility index (Phi) is 7.87. The van der Waals surface area contributed by atoms with Crippen molar-refractivity contribution in [2.75, 3.05) is 25.5 Å². The number of nitrogens with zero attached hydrogens (tertiary/aromatic N) is 1. The van der Waals surface area contributed by atoms with Crippen LogP contribution in [-0.4, -0.2) is 82.2 Å². The molecule has 0 saturated carbocycles.